The van der Waals surface area contributed by atoms with Gasteiger partial charge in [0.05, 0.1) is 17.8 Å². The van der Waals surface area contributed by atoms with Gasteiger partial charge in [0, 0.05) is 3.57 Å². The number of hydrogen-bond donors (Lipinski definition) is 2. The summed E-state index contributed by atoms with van der Waals surface area (Å²) in [7, 11) is 0. The number of rotatable bonds is 0. The van der Waals surface area contributed by atoms with Crippen LogP contribution in [0.1, 0.15) is 15.9 Å². The van der Waals surface area contributed by atoms with Gasteiger partial charge in [0.25, 0.3) is 5.91 Å². The Bertz CT molecular complexity index is 457. The summed E-state index contributed by atoms with van der Waals surface area (Å²) in [5.74, 6) is -0.384. The molecule has 78 valence electrons. The Morgan fingerprint density at radius 1 is 1.33 bits per heavy atom. The van der Waals surface area contributed by atoms with Crippen LogP contribution in [0.4, 0.5) is 5.69 Å². The second kappa shape index (κ2) is 3.80. The van der Waals surface area contributed by atoms with Crippen LogP contribution >= 0.6 is 22.6 Å². The van der Waals surface area contributed by atoms with Gasteiger partial charge < -0.3 is 10.6 Å². The van der Waals surface area contributed by atoms with Crippen LogP contribution < -0.4 is 10.6 Å². The Labute approximate surface area is 101 Å². The van der Waals surface area contributed by atoms with Gasteiger partial charge in [-0.15, -0.1) is 0 Å². The van der Waals surface area contributed by atoms with Gasteiger partial charge in [-0.1, -0.05) is 6.07 Å². The highest BCUT2D eigenvalue weighted by atomic mass is 127. The molecule has 0 fully saturated rings. The minimum Gasteiger partial charge on any atom is -0.343 e. The third kappa shape index (κ3) is 1.83. The Morgan fingerprint density at radius 2 is 2.07 bits per heavy atom. The predicted octanol–water partition coefficient (Wildman–Crippen LogP) is 1.28. The molecule has 2 amide bonds. The van der Waals surface area contributed by atoms with Crippen LogP contribution in [0.5, 0.6) is 0 Å². The Balaban J connectivity index is 2.66. The molecule has 0 saturated heterocycles. The molecule has 0 aromatic heterocycles. The van der Waals surface area contributed by atoms with E-state index in [2.05, 4.69) is 33.2 Å². The first-order chi connectivity index (χ1) is 7.09. The van der Waals surface area contributed by atoms with Crippen molar-refractivity contribution in [2.24, 2.45) is 0 Å². The van der Waals surface area contributed by atoms with Gasteiger partial charge in [-0.25, -0.2) is 0 Å². The zero-order valence-electron chi connectivity index (χ0n) is 8.06. The standard InChI is InChI=1S/C10H9IN2O2/c1-5-2-3-6(11)9-8(5)10(15)12-4-7(14)13-9/h2-3H,4H2,1H3,(H,12,15)(H,13,14). The number of halogens is 1. The molecule has 1 aliphatic rings. The SMILES string of the molecule is Cc1ccc(I)c2c1C(=O)NCC(=O)N2. The monoisotopic (exact) mass is 316 g/mol. The number of fused-ring (bicyclic) bond motifs is 1. The van der Waals surface area contributed by atoms with Crippen LogP contribution in [-0.2, 0) is 4.79 Å². The van der Waals surface area contributed by atoms with E-state index in [1.54, 1.807) is 0 Å². The molecular formula is C10H9IN2O2. The summed E-state index contributed by atoms with van der Waals surface area (Å²) in [6.45, 7) is 1.88. The Morgan fingerprint density at radius 3 is 2.80 bits per heavy atom. The average molecular weight is 316 g/mol. The van der Waals surface area contributed by atoms with Crippen LogP contribution in [0.2, 0.25) is 0 Å². The number of nitrogens with one attached hydrogen (secondary N) is 2. The second-order valence-electron chi connectivity index (χ2n) is 3.35. The van der Waals surface area contributed by atoms with Crippen molar-refractivity contribution in [1.82, 2.24) is 5.32 Å². The van der Waals surface area contributed by atoms with E-state index < -0.39 is 0 Å². The summed E-state index contributed by atoms with van der Waals surface area (Å²) >= 11 is 2.10. The molecule has 0 atom stereocenters. The number of carbonyl (C=O) groups is 2. The molecule has 1 aromatic rings. The summed E-state index contributed by atoms with van der Waals surface area (Å²) in [5.41, 5.74) is 2.05. The lowest BCUT2D eigenvalue weighted by atomic mass is 10.1. The number of carbonyl (C=O) groups excluding carboxylic acids is 2. The maximum Gasteiger partial charge on any atom is 0.254 e. The van der Waals surface area contributed by atoms with E-state index in [9.17, 15) is 9.59 Å². The number of aryl methyl sites for hydroxylation is 1. The summed E-state index contributed by atoms with van der Waals surface area (Å²) in [4.78, 5) is 23.0. The van der Waals surface area contributed by atoms with E-state index in [0.29, 0.717) is 11.3 Å². The van der Waals surface area contributed by atoms with E-state index in [-0.39, 0.29) is 18.4 Å². The third-order valence-corrected chi connectivity index (χ3v) is 3.16. The molecular weight excluding hydrogens is 307 g/mol. The van der Waals surface area contributed by atoms with Gasteiger partial charge in [0.2, 0.25) is 5.91 Å². The highest BCUT2D eigenvalue weighted by molar-refractivity contribution is 14.1. The first-order valence-corrected chi connectivity index (χ1v) is 5.54. The van der Waals surface area contributed by atoms with E-state index in [0.717, 1.165) is 9.13 Å². The minimum atomic E-state index is -0.195. The molecule has 0 aliphatic carbocycles. The van der Waals surface area contributed by atoms with Gasteiger partial charge >= 0.3 is 0 Å². The summed E-state index contributed by atoms with van der Waals surface area (Å²) < 4.78 is 0.874. The van der Waals surface area contributed by atoms with Crippen molar-refractivity contribution in [3.8, 4) is 0 Å². The van der Waals surface area contributed by atoms with Gasteiger partial charge in [-0.3, -0.25) is 9.59 Å². The minimum absolute atomic E-state index is 0.0308. The second-order valence-corrected chi connectivity index (χ2v) is 4.51. The van der Waals surface area contributed by atoms with E-state index in [1.165, 1.54) is 0 Å². The molecule has 4 nitrogen and oxygen atoms in total. The first kappa shape index (κ1) is 10.4. The van der Waals surface area contributed by atoms with Crippen molar-refractivity contribution in [1.29, 1.82) is 0 Å². The van der Waals surface area contributed by atoms with E-state index in [4.69, 9.17) is 0 Å². The molecule has 1 aromatic carbocycles. The smallest absolute Gasteiger partial charge is 0.254 e. The molecule has 0 radical (unpaired) electrons. The molecule has 15 heavy (non-hydrogen) atoms. The van der Waals surface area contributed by atoms with Crippen molar-refractivity contribution in [2.45, 2.75) is 6.92 Å². The van der Waals surface area contributed by atoms with Crippen LogP contribution in [0.3, 0.4) is 0 Å². The highest BCUT2D eigenvalue weighted by Gasteiger charge is 2.22. The number of anilines is 1. The maximum absolute atomic E-state index is 11.7. The van der Waals surface area contributed by atoms with Crippen LogP contribution in [0.25, 0.3) is 0 Å². The largest absolute Gasteiger partial charge is 0.343 e. The summed E-state index contributed by atoms with van der Waals surface area (Å²) in [5, 5.41) is 5.30. The normalized spacial score (nSPS) is 15.1. The van der Waals surface area contributed by atoms with Gasteiger partial charge in [0.1, 0.15) is 0 Å². The van der Waals surface area contributed by atoms with Crippen LogP contribution in [0, 0.1) is 10.5 Å². The fourth-order valence-corrected chi connectivity index (χ4v) is 2.11. The molecule has 0 spiro atoms. The van der Waals surface area contributed by atoms with Gasteiger partial charge in [-0.05, 0) is 41.1 Å². The molecule has 0 bridgehead atoms. The molecule has 0 saturated carbocycles. The van der Waals surface area contributed by atoms with Crippen molar-refractivity contribution in [2.75, 3.05) is 11.9 Å². The molecule has 1 aliphatic heterocycles. The van der Waals surface area contributed by atoms with Crippen molar-refractivity contribution < 1.29 is 9.59 Å². The molecule has 1 heterocycles. The van der Waals surface area contributed by atoms with Gasteiger partial charge in [0.15, 0.2) is 0 Å². The fourth-order valence-electron chi connectivity index (χ4n) is 1.53. The zero-order chi connectivity index (χ0) is 11.0. The predicted molar refractivity (Wildman–Crippen MR) is 64.9 cm³/mol. The molecule has 2 rings (SSSR count). The van der Waals surface area contributed by atoms with E-state index in [1.807, 2.05) is 19.1 Å². The fraction of sp³-hybridized carbons (Fsp3) is 0.200. The summed E-state index contributed by atoms with van der Waals surface area (Å²) in [6, 6.07) is 3.76. The van der Waals surface area contributed by atoms with Crippen molar-refractivity contribution in [3.05, 3.63) is 26.8 Å². The van der Waals surface area contributed by atoms with Gasteiger partial charge in [-0.2, -0.15) is 0 Å². The van der Waals surface area contributed by atoms with Crippen molar-refractivity contribution >= 4 is 40.1 Å². The third-order valence-electron chi connectivity index (χ3n) is 2.26. The lowest BCUT2D eigenvalue weighted by Gasteiger charge is -2.09. The number of hydrogen-bond acceptors (Lipinski definition) is 2. The lowest BCUT2D eigenvalue weighted by molar-refractivity contribution is -0.115. The summed E-state index contributed by atoms with van der Waals surface area (Å²) in [6.07, 6.45) is 0. The zero-order valence-corrected chi connectivity index (χ0v) is 10.2. The van der Waals surface area contributed by atoms with Crippen LogP contribution in [0.15, 0.2) is 12.1 Å². The molecule has 0 unspecified atom stereocenters. The molecule has 5 heteroatoms. The van der Waals surface area contributed by atoms with Crippen molar-refractivity contribution in [3.63, 3.8) is 0 Å². The Kier molecular flexibility index (Phi) is 2.64. The molecule has 2 N–H and O–H groups in total. The van der Waals surface area contributed by atoms with Crippen LogP contribution in [-0.4, -0.2) is 18.4 Å². The Hall–Kier alpha value is -1.11. The lowest BCUT2D eigenvalue weighted by Crippen LogP contribution is -2.28. The first-order valence-electron chi connectivity index (χ1n) is 4.47. The highest BCUT2D eigenvalue weighted by Crippen LogP contribution is 2.27. The van der Waals surface area contributed by atoms with E-state index >= 15 is 0 Å². The average Bonchev–Trinajstić information content (AvgIpc) is 2.34. The number of amides is 2. The topological polar surface area (TPSA) is 58.2 Å². The quantitative estimate of drug-likeness (QED) is 0.709. The number of benzene rings is 1. The maximum atomic E-state index is 11.7.